The molecule has 0 aromatic heterocycles. The van der Waals surface area contributed by atoms with Crippen LogP contribution in [0.25, 0.3) is 0 Å². The first-order chi connectivity index (χ1) is 9.20. The molecule has 1 aliphatic rings. The molecule has 1 aliphatic heterocycles. The monoisotopic (exact) mass is 262 g/mol. The molecule has 0 bridgehead atoms. The summed E-state index contributed by atoms with van der Waals surface area (Å²) in [6.07, 6.45) is 2.80. The summed E-state index contributed by atoms with van der Waals surface area (Å²) < 4.78 is 5.39. The molecular weight excluding hydrogens is 240 g/mol. The van der Waals surface area contributed by atoms with E-state index in [-0.39, 0.29) is 12.3 Å². The highest BCUT2D eigenvalue weighted by atomic mass is 16.5. The molecule has 1 fully saturated rings. The third-order valence-corrected chi connectivity index (χ3v) is 3.57. The van der Waals surface area contributed by atoms with E-state index in [0.717, 1.165) is 31.6 Å². The van der Waals surface area contributed by atoms with E-state index in [9.17, 15) is 4.79 Å². The quantitative estimate of drug-likeness (QED) is 0.873. The molecular formula is C15H22N2O2. The number of benzene rings is 1. The van der Waals surface area contributed by atoms with Crippen LogP contribution in [-0.2, 0) is 4.74 Å². The van der Waals surface area contributed by atoms with Gasteiger partial charge in [0.05, 0.1) is 0 Å². The van der Waals surface area contributed by atoms with Crippen molar-refractivity contribution in [2.24, 2.45) is 0 Å². The SMILES string of the molecule is CCC(C)c1ccccc1NC(=O)NC1CCCO1. The van der Waals surface area contributed by atoms with Crippen molar-refractivity contribution < 1.29 is 9.53 Å². The van der Waals surface area contributed by atoms with Gasteiger partial charge in [-0.1, -0.05) is 32.0 Å². The van der Waals surface area contributed by atoms with Crippen LogP contribution in [0.3, 0.4) is 0 Å². The van der Waals surface area contributed by atoms with Gasteiger partial charge < -0.3 is 15.4 Å². The third kappa shape index (κ3) is 3.70. The number of rotatable bonds is 4. The Morgan fingerprint density at radius 2 is 2.26 bits per heavy atom. The lowest BCUT2D eigenvalue weighted by Crippen LogP contribution is -2.37. The molecule has 2 N–H and O–H groups in total. The molecule has 104 valence electrons. The second-order valence-corrected chi connectivity index (χ2v) is 5.00. The number of hydrogen-bond donors (Lipinski definition) is 2. The molecule has 2 unspecified atom stereocenters. The van der Waals surface area contributed by atoms with Gasteiger partial charge in [-0.25, -0.2) is 4.79 Å². The summed E-state index contributed by atoms with van der Waals surface area (Å²) >= 11 is 0. The van der Waals surface area contributed by atoms with Crippen molar-refractivity contribution in [1.82, 2.24) is 5.32 Å². The fourth-order valence-electron chi connectivity index (χ4n) is 2.26. The molecule has 0 aliphatic carbocycles. The van der Waals surface area contributed by atoms with E-state index in [2.05, 4.69) is 30.5 Å². The van der Waals surface area contributed by atoms with Gasteiger partial charge in [0, 0.05) is 12.3 Å². The van der Waals surface area contributed by atoms with Gasteiger partial charge in [0.15, 0.2) is 0 Å². The normalized spacial score (nSPS) is 20.0. The van der Waals surface area contributed by atoms with Crippen molar-refractivity contribution in [3.63, 3.8) is 0 Å². The molecule has 1 aromatic carbocycles. The average molecular weight is 262 g/mol. The molecule has 1 aromatic rings. The number of urea groups is 1. The van der Waals surface area contributed by atoms with Gasteiger partial charge in [0.25, 0.3) is 0 Å². The second kappa shape index (κ2) is 6.57. The van der Waals surface area contributed by atoms with Crippen molar-refractivity contribution in [3.05, 3.63) is 29.8 Å². The molecule has 0 saturated carbocycles. The topological polar surface area (TPSA) is 50.4 Å². The zero-order valence-corrected chi connectivity index (χ0v) is 11.6. The van der Waals surface area contributed by atoms with E-state index in [4.69, 9.17) is 4.74 Å². The first kappa shape index (κ1) is 13.9. The highest BCUT2D eigenvalue weighted by Gasteiger charge is 2.18. The summed E-state index contributed by atoms with van der Waals surface area (Å²) in [4.78, 5) is 11.9. The van der Waals surface area contributed by atoms with Crippen molar-refractivity contribution >= 4 is 11.7 Å². The van der Waals surface area contributed by atoms with Crippen LogP contribution in [0.1, 0.15) is 44.6 Å². The van der Waals surface area contributed by atoms with Crippen molar-refractivity contribution in [3.8, 4) is 0 Å². The lowest BCUT2D eigenvalue weighted by Gasteiger charge is -2.17. The minimum Gasteiger partial charge on any atom is -0.358 e. The molecule has 2 amide bonds. The Morgan fingerprint density at radius 1 is 1.47 bits per heavy atom. The Balaban J connectivity index is 1.99. The van der Waals surface area contributed by atoms with Gasteiger partial charge in [-0.3, -0.25) is 0 Å². The lowest BCUT2D eigenvalue weighted by atomic mass is 9.97. The van der Waals surface area contributed by atoms with E-state index >= 15 is 0 Å². The zero-order chi connectivity index (χ0) is 13.7. The predicted molar refractivity (Wildman–Crippen MR) is 76.3 cm³/mol. The number of para-hydroxylation sites is 1. The van der Waals surface area contributed by atoms with Crippen LogP contribution in [0.4, 0.5) is 10.5 Å². The minimum absolute atomic E-state index is 0.143. The molecule has 19 heavy (non-hydrogen) atoms. The number of nitrogens with one attached hydrogen (secondary N) is 2. The fraction of sp³-hybridized carbons (Fsp3) is 0.533. The van der Waals surface area contributed by atoms with Crippen LogP contribution >= 0.6 is 0 Å². The molecule has 4 heteroatoms. The Bertz CT molecular complexity index is 428. The minimum atomic E-state index is -0.192. The Labute approximate surface area is 114 Å². The number of hydrogen-bond acceptors (Lipinski definition) is 2. The van der Waals surface area contributed by atoms with Gasteiger partial charge in [0.2, 0.25) is 0 Å². The van der Waals surface area contributed by atoms with Crippen LogP contribution < -0.4 is 10.6 Å². The Hall–Kier alpha value is -1.55. The number of amides is 2. The van der Waals surface area contributed by atoms with Crippen molar-refractivity contribution in [1.29, 1.82) is 0 Å². The summed E-state index contributed by atoms with van der Waals surface area (Å²) in [7, 11) is 0. The van der Waals surface area contributed by atoms with E-state index in [1.165, 1.54) is 5.56 Å². The van der Waals surface area contributed by atoms with Gasteiger partial charge in [-0.15, -0.1) is 0 Å². The number of carbonyl (C=O) groups is 1. The number of anilines is 1. The van der Waals surface area contributed by atoms with Crippen LogP contribution in [0.15, 0.2) is 24.3 Å². The maximum atomic E-state index is 11.9. The lowest BCUT2D eigenvalue weighted by molar-refractivity contribution is 0.0928. The second-order valence-electron chi connectivity index (χ2n) is 5.00. The van der Waals surface area contributed by atoms with Crippen molar-refractivity contribution in [2.75, 3.05) is 11.9 Å². The van der Waals surface area contributed by atoms with Crippen LogP contribution in [0.2, 0.25) is 0 Å². The largest absolute Gasteiger partial charge is 0.358 e. The van der Waals surface area contributed by atoms with Crippen LogP contribution in [0.5, 0.6) is 0 Å². The summed E-state index contributed by atoms with van der Waals surface area (Å²) in [5, 5.41) is 5.76. The van der Waals surface area contributed by atoms with Crippen LogP contribution in [-0.4, -0.2) is 18.9 Å². The molecule has 1 heterocycles. The zero-order valence-electron chi connectivity index (χ0n) is 11.6. The molecule has 4 nitrogen and oxygen atoms in total. The standard InChI is InChI=1S/C15H22N2O2/c1-3-11(2)12-7-4-5-8-13(12)16-15(18)17-14-9-6-10-19-14/h4-5,7-8,11,14H,3,6,9-10H2,1-2H3,(H2,16,17,18). The highest BCUT2D eigenvalue weighted by Crippen LogP contribution is 2.26. The highest BCUT2D eigenvalue weighted by molar-refractivity contribution is 5.90. The van der Waals surface area contributed by atoms with Crippen LogP contribution in [0, 0.1) is 0 Å². The summed E-state index contributed by atoms with van der Waals surface area (Å²) in [5.41, 5.74) is 2.06. The number of ether oxygens (including phenoxy) is 1. The molecule has 1 saturated heterocycles. The maximum absolute atomic E-state index is 11.9. The van der Waals surface area contributed by atoms with Gasteiger partial charge in [-0.05, 0) is 36.8 Å². The third-order valence-electron chi connectivity index (χ3n) is 3.57. The molecule has 2 rings (SSSR count). The van der Waals surface area contributed by atoms with Gasteiger partial charge in [-0.2, -0.15) is 0 Å². The van der Waals surface area contributed by atoms with E-state index in [1.807, 2.05) is 18.2 Å². The Kier molecular flexibility index (Phi) is 4.80. The molecule has 2 atom stereocenters. The summed E-state index contributed by atoms with van der Waals surface area (Å²) in [5.74, 6) is 0.430. The van der Waals surface area contributed by atoms with E-state index in [0.29, 0.717) is 5.92 Å². The number of carbonyl (C=O) groups excluding carboxylic acids is 1. The fourth-order valence-corrected chi connectivity index (χ4v) is 2.26. The smallest absolute Gasteiger partial charge is 0.321 e. The average Bonchev–Trinajstić information content (AvgIpc) is 2.91. The van der Waals surface area contributed by atoms with Crippen molar-refractivity contribution in [2.45, 2.75) is 45.3 Å². The van der Waals surface area contributed by atoms with E-state index < -0.39 is 0 Å². The Morgan fingerprint density at radius 3 is 2.95 bits per heavy atom. The first-order valence-corrected chi connectivity index (χ1v) is 6.98. The summed E-state index contributed by atoms with van der Waals surface area (Å²) in [6, 6.07) is 7.76. The van der Waals surface area contributed by atoms with Gasteiger partial charge in [0.1, 0.15) is 6.23 Å². The summed E-state index contributed by atoms with van der Waals surface area (Å²) in [6.45, 7) is 5.04. The van der Waals surface area contributed by atoms with Gasteiger partial charge >= 0.3 is 6.03 Å². The maximum Gasteiger partial charge on any atom is 0.321 e. The first-order valence-electron chi connectivity index (χ1n) is 6.98. The molecule has 0 spiro atoms. The predicted octanol–water partition coefficient (Wildman–Crippen LogP) is 3.46. The molecule has 0 radical (unpaired) electrons. The van der Waals surface area contributed by atoms with E-state index in [1.54, 1.807) is 0 Å².